The summed E-state index contributed by atoms with van der Waals surface area (Å²) in [5.41, 5.74) is 1.86. The van der Waals surface area contributed by atoms with Gasteiger partial charge in [-0.25, -0.2) is 4.39 Å². The molecule has 1 heterocycles. The van der Waals surface area contributed by atoms with Crippen molar-refractivity contribution in [3.63, 3.8) is 0 Å². The zero-order valence-corrected chi connectivity index (χ0v) is 9.77. The molecule has 2 rings (SSSR count). The van der Waals surface area contributed by atoms with Crippen molar-refractivity contribution in [3.05, 3.63) is 42.0 Å². The van der Waals surface area contributed by atoms with Crippen molar-refractivity contribution < 1.29 is 9.13 Å². The number of aromatic nitrogens is 2. The molecule has 0 bridgehead atoms. The summed E-state index contributed by atoms with van der Waals surface area (Å²) in [6.07, 6.45) is 1.74. The molecule has 0 aliphatic heterocycles. The highest BCUT2D eigenvalue weighted by Crippen LogP contribution is 2.21. The van der Waals surface area contributed by atoms with E-state index in [1.807, 2.05) is 13.1 Å². The fourth-order valence-electron chi connectivity index (χ4n) is 1.54. The predicted octanol–water partition coefficient (Wildman–Crippen LogP) is 2.18. The van der Waals surface area contributed by atoms with Crippen molar-refractivity contribution in [2.75, 3.05) is 12.4 Å². The van der Waals surface area contributed by atoms with Crippen LogP contribution in [0.15, 0.2) is 30.5 Å². The molecule has 2 aromatic rings. The van der Waals surface area contributed by atoms with Gasteiger partial charge in [-0.1, -0.05) is 0 Å². The van der Waals surface area contributed by atoms with Crippen LogP contribution in [-0.2, 0) is 13.6 Å². The third-order valence-electron chi connectivity index (χ3n) is 2.55. The summed E-state index contributed by atoms with van der Waals surface area (Å²) in [6.45, 7) is 0.630. The number of hydrogen-bond donors (Lipinski definition) is 1. The maximum Gasteiger partial charge on any atom is 0.165 e. The van der Waals surface area contributed by atoms with Crippen LogP contribution in [-0.4, -0.2) is 16.9 Å². The summed E-state index contributed by atoms with van der Waals surface area (Å²) in [5, 5.41) is 7.25. The van der Waals surface area contributed by atoms with Gasteiger partial charge in [-0.3, -0.25) is 4.68 Å². The van der Waals surface area contributed by atoms with E-state index in [9.17, 15) is 4.39 Å². The molecule has 90 valence electrons. The number of anilines is 1. The molecule has 5 heteroatoms. The average Bonchev–Trinajstić information content (AvgIpc) is 2.74. The van der Waals surface area contributed by atoms with Gasteiger partial charge in [0.05, 0.1) is 19.3 Å². The molecule has 0 spiro atoms. The van der Waals surface area contributed by atoms with Crippen LogP contribution in [0.4, 0.5) is 10.1 Å². The highest BCUT2D eigenvalue weighted by molar-refractivity contribution is 5.48. The quantitative estimate of drug-likeness (QED) is 0.882. The minimum Gasteiger partial charge on any atom is -0.494 e. The normalized spacial score (nSPS) is 10.3. The van der Waals surface area contributed by atoms with Crippen molar-refractivity contribution in [1.29, 1.82) is 0 Å². The smallest absolute Gasteiger partial charge is 0.165 e. The van der Waals surface area contributed by atoms with Gasteiger partial charge in [-0.05, 0) is 18.2 Å². The van der Waals surface area contributed by atoms with Gasteiger partial charge in [-0.15, -0.1) is 0 Å². The van der Waals surface area contributed by atoms with Crippen LogP contribution >= 0.6 is 0 Å². The number of nitrogens with zero attached hydrogens (tertiary/aromatic N) is 2. The number of ether oxygens (including phenoxy) is 1. The van der Waals surface area contributed by atoms with Gasteiger partial charge in [0.1, 0.15) is 0 Å². The zero-order valence-electron chi connectivity index (χ0n) is 9.77. The lowest BCUT2D eigenvalue weighted by molar-refractivity contribution is 0.387. The number of methoxy groups -OCH3 is 1. The molecule has 4 nitrogen and oxygen atoms in total. The standard InChI is InChI=1S/C12H14FN3O/c1-16-10(5-6-15-16)8-14-9-3-4-11(13)12(7-9)17-2/h3-7,14H,8H2,1-2H3. The average molecular weight is 235 g/mol. The monoisotopic (exact) mass is 235 g/mol. The first-order chi connectivity index (χ1) is 8.20. The topological polar surface area (TPSA) is 39.1 Å². The lowest BCUT2D eigenvalue weighted by Gasteiger charge is -2.08. The van der Waals surface area contributed by atoms with Crippen LogP contribution in [0.5, 0.6) is 5.75 Å². The van der Waals surface area contributed by atoms with Crippen molar-refractivity contribution in [1.82, 2.24) is 9.78 Å². The maximum atomic E-state index is 13.2. The second kappa shape index (κ2) is 4.86. The number of benzene rings is 1. The molecule has 1 aromatic carbocycles. The van der Waals surface area contributed by atoms with E-state index in [0.29, 0.717) is 6.54 Å². The molecule has 0 fully saturated rings. The van der Waals surface area contributed by atoms with Gasteiger partial charge >= 0.3 is 0 Å². The first-order valence-electron chi connectivity index (χ1n) is 5.25. The molecule has 0 unspecified atom stereocenters. The van der Waals surface area contributed by atoms with Gasteiger partial charge in [0.15, 0.2) is 11.6 Å². The molecule has 0 radical (unpaired) electrons. The number of rotatable bonds is 4. The highest BCUT2D eigenvalue weighted by Gasteiger charge is 2.04. The minimum atomic E-state index is -0.362. The van der Waals surface area contributed by atoms with Gasteiger partial charge in [0, 0.05) is 25.0 Å². The van der Waals surface area contributed by atoms with E-state index >= 15 is 0 Å². The van der Waals surface area contributed by atoms with Crippen LogP contribution in [0.1, 0.15) is 5.69 Å². The fourth-order valence-corrected chi connectivity index (χ4v) is 1.54. The Hall–Kier alpha value is -2.04. The van der Waals surface area contributed by atoms with Gasteiger partial charge in [0.2, 0.25) is 0 Å². The Bertz CT molecular complexity index is 510. The van der Waals surface area contributed by atoms with Crippen LogP contribution < -0.4 is 10.1 Å². The zero-order chi connectivity index (χ0) is 12.3. The lowest BCUT2D eigenvalue weighted by atomic mass is 10.3. The Morgan fingerprint density at radius 1 is 1.41 bits per heavy atom. The SMILES string of the molecule is COc1cc(NCc2ccnn2C)ccc1F. The van der Waals surface area contributed by atoms with E-state index in [2.05, 4.69) is 10.4 Å². The molecule has 1 N–H and O–H groups in total. The molecule has 0 amide bonds. The van der Waals surface area contributed by atoms with Crippen LogP contribution in [0.25, 0.3) is 0 Å². The molecule has 0 atom stereocenters. The van der Waals surface area contributed by atoms with Crippen LogP contribution in [0.2, 0.25) is 0 Å². The summed E-state index contributed by atoms with van der Waals surface area (Å²) in [6, 6.07) is 6.61. The Labute approximate surface area is 99.0 Å². The summed E-state index contributed by atoms with van der Waals surface area (Å²) in [5.74, 6) is -0.126. The Morgan fingerprint density at radius 2 is 2.24 bits per heavy atom. The Morgan fingerprint density at radius 3 is 2.88 bits per heavy atom. The van der Waals surface area contributed by atoms with Gasteiger partial charge in [-0.2, -0.15) is 5.10 Å². The predicted molar refractivity (Wildman–Crippen MR) is 63.5 cm³/mol. The largest absolute Gasteiger partial charge is 0.494 e. The van der Waals surface area contributed by atoms with Gasteiger partial charge in [0.25, 0.3) is 0 Å². The summed E-state index contributed by atoms with van der Waals surface area (Å²) < 4.78 is 19.9. The second-order valence-electron chi connectivity index (χ2n) is 3.65. The highest BCUT2D eigenvalue weighted by atomic mass is 19.1. The van der Waals surface area contributed by atoms with Crippen molar-refractivity contribution >= 4 is 5.69 Å². The first-order valence-corrected chi connectivity index (χ1v) is 5.25. The van der Waals surface area contributed by atoms with Crippen molar-refractivity contribution in [2.45, 2.75) is 6.54 Å². The third-order valence-corrected chi connectivity index (χ3v) is 2.55. The molecular formula is C12H14FN3O. The second-order valence-corrected chi connectivity index (χ2v) is 3.65. The van der Waals surface area contributed by atoms with E-state index in [1.165, 1.54) is 13.2 Å². The van der Waals surface area contributed by atoms with E-state index in [-0.39, 0.29) is 11.6 Å². The van der Waals surface area contributed by atoms with E-state index < -0.39 is 0 Å². The molecule has 0 saturated carbocycles. The Kier molecular flexibility index (Phi) is 3.27. The molecule has 0 aliphatic carbocycles. The van der Waals surface area contributed by atoms with E-state index in [4.69, 9.17) is 4.74 Å². The molecule has 1 aromatic heterocycles. The fraction of sp³-hybridized carbons (Fsp3) is 0.250. The third kappa shape index (κ3) is 2.55. The number of nitrogens with one attached hydrogen (secondary N) is 1. The summed E-state index contributed by atoms with van der Waals surface area (Å²) in [7, 11) is 3.32. The van der Waals surface area contributed by atoms with Crippen LogP contribution in [0, 0.1) is 5.82 Å². The molecule has 0 saturated heterocycles. The summed E-state index contributed by atoms with van der Waals surface area (Å²) in [4.78, 5) is 0. The van der Waals surface area contributed by atoms with E-state index in [0.717, 1.165) is 11.4 Å². The number of aryl methyl sites for hydroxylation is 1. The van der Waals surface area contributed by atoms with Crippen LogP contribution in [0.3, 0.4) is 0 Å². The molecule has 0 aliphatic rings. The van der Waals surface area contributed by atoms with E-state index in [1.54, 1.807) is 23.0 Å². The molecule has 17 heavy (non-hydrogen) atoms. The summed E-state index contributed by atoms with van der Waals surface area (Å²) >= 11 is 0. The maximum absolute atomic E-state index is 13.2. The number of halogens is 1. The lowest BCUT2D eigenvalue weighted by Crippen LogP contribution is -2.05. The van der Waals surface area contributed by atoms with Gasteiger partial charge < -0.3 is 10.1 Å². The Balaban J connectivity index is 2.07. The molecular weight excluding hydrogens is 221 g/mol. The van der Waals surface area contributed by atoms with Crippen molar-refractivity contribution in [2.24, 2.45) is 7.05 Å². The number of hydrogen-bond acceptors (Lipinski definition) is 3. The minimum absolute atomic E-state index is 0.236. The first kappa shape index (κ1) is 11.4. The van der Waals surface area contributed by atoms with Crippen molar-refractivity contribution in [3.8, 4) is 5.75 Å².